The molecule has 4 rings (SSSR count). The van der Waals surface area contributed by atoms with Crippen molar-refractivity contribution in [3.63, 3.8) is 0 Å². The van der Waals surface area contributed by atoms with Gasteiger partial charge >= 0.3 is 0 Å². The molecule has 0 spiro atoms. The van der Waals surface area contributed by atoms with Crippen molar-refractivity contribution in [3.05, 3.63) is 77.6 Å². The predicted molar refractivity (Wildman–Crippen MR) is 138 cm³/mol. The summed E-state index contributed by atoms with van der Waals surface area (Å²) in [5.41, 5.74) is 1.78. The molecule has 1 atom stereocenters. The first-order valence-electron chi connectivity index (χ1n) is 12.3. The molecule has 10 heteroatoms. The van der Waals surface area contributed by atoms with Crippen LogP contribution in [0.15, 0.2) is 66.0 Å². The van der Waals surface area contributed by atoms with E-state index in [2.05, 4.69) is 4.98 Å². The van der Waals surface area contributed by atoms with Gasteiger partial charge < -0.3 is 23.7 Å². The van der Waals surface area contributed by atoms with E-state index in [1.165, 1.54) is 13.3 Å². The van der Waals surface area contributed by atoms with Crippen LogP contribution in [0.25, 0.3) is 0 Å². The normalized spacial score (nSPS) is 15.6. The standard InChI is InChI=1S/C27H33N3O6S/c1-34-15-13-30-23(17-28-27(30)37(32,33)20-21-8-6-11-24(16-21)35-2)18-29(19-25-12-7-14-36-25)26(31)22-9-4-3-5-10-22/h3-6,8-11,16-17,25H,7,12-15,18-20H2,1-2H3/t25-/m0/s1. The first-order chi connectivity index (χ1) is 17.9. The molecule has 0 N–H and O–H groups in total. The molecule has 0 saturated carbocycles. The van der Waals surface area contributed by atoms with E-state index in [0.717, 1.165) is 12.8 Å². The third-order valence-electron chi connectivity index (χ3n) is 6.30. The highest BCUT2D eigenvalue weighted by atomic mass is 32.2. The number of sulfone groups is 1. The molecule has 0 aliphatic carbocycles. The minimum Gasteiger partial charge on any atom is -0.497 e. The molecule has 0 radical (unpaired) electrons. The van der Waals surface area contributed by atoms with Gasteiger partial charge in [0.2, 0.25) is 15.0 Å². The Labute approximate surface area is 217 Å². The largest absolute Gasteiger partial charge is 0.497 e. The van der Waals surface area contributed by atoms with Gasteiger partial charge in [-0.1, -0.05) is 30.3 Å². The highest BCUT2D eigenvalue weighted by Crippen LogP contribution is 2.23. The molecule has 37 heavy (non-hydrogen) atoms. The number of hydrogen-bond donors (Lipinski definition) is 0. The van der Waals surface area contributed by atoms with E-state index in [0.29, 0.717) is 42.3 Å². The van der Waals surface area contributed by atoms with Crippen LogP contribution in [0.2, 0.25) is 0 Å². The van der Waals surface area contributed by atoms with Crippen molar-refractivity contribution in [3.8, 4) is 5.75 Å². The zero-order valence-electron chi connectivity index (χ0n) is 21.2. The van der Waals surface area contributed by atoms with Gasteiger partial charge in [0.15, 0.2) is 0 Å². The van der Waals surface area contributed by atoms with Crippen molar-refractivity contribution in [2.75, 3.05) is 34.0 Å². The van der Waals surface area contributed by atoms with Crippen LogP contribution < -0.4 is 4.74 Å². The van der Waals surface area contributed by atoms with Crippen molar-refractivity contribution >= 4 is 15.7 Å². The molecule has 1 fully saturated rings. The Morgan fingerprint density at radius 2 is 1.97 bits per heavy atom. The molecule has 1 aliphatic rings. The fourth-order valence-electron chi connectivity index (χ4n) is 4.45. The monoisotopic (exact) mass is 527 g/mol. The van der Waals surface area contributed by atoms with Crippen molar-refractivity contribution in [2.45, 2.75) is 42.9 Å². The van der Waals surface area contributed by atoms with Crippen LogP contribution in [0, 0.1) is 0 Å². The number of aromatic nitrogens is 2. The number of carbonyl (C=O) groups excluding carboxylic acids is 1. The third kappa shape index (κ3) is 6.76. The van der Waals surface area contributed by atoms with Crippen LogP contribution in [-0.4, -0.2) is 68.9 Å². The van der Waals surface area contributed by atoms with Crippen LogP contribution in [0.1, 0.15) is 34.5 Å². The second-order valence-electron chi connectivity index (χ2n) is 8.97. The van der Waals surface area contributed by atoms with E-state index in [9.17, 15) is 13.2 Å². The van der Waals surface area contributed by atoms with E-state index < -0.39 is 9.84 Å². The number of amides is 1. The van der Waals surface area contributed by atoms with Crippen molar-refractivity contribution in [1.82, 2.24) is 14.5 Å². The Bertz CT molecular complexity index is 1290. The first kappa shape index (κ1) is 26.8. The van der Waals surface area contributed by atoms with Crippen molar-refractivity contribution in [1.29, 1.82) is 0 Å². The molecule has 0 bridgehead atoms. The SMILES string of the molecule is COCCn1c(CN(C[C@@H]2CCCO2)C(=O)c2ccccc2)cnc1S(=O)(=O)Cc1cccc(OC)c1. The van der Waals surface area contributed by atoms with Crippen LogP contribution >= 0.6 is 0 Å². The van der Waals surface area contributed by atoms with E-state index in [1.54, 1.807) is 53.0 Å². The summed E-state index contributed by atoms with van der Waals surface area (Å²) in [7, 11) is -0.699. The molecule has 9 nitrogen and oxygen atoms in total. The fourth-order valence-corrected chi connectivity index (χ4v) is 5.95. The lowest BCUT2D eigenvalue weighted by Crippen LogP contribution is -2.37. The minimum atomic E-state index is -3.80. The highest BCUT2D eigenvalue weighted by Gasteiger charge is 2.28. The maximum Gasteiger partial charge on any atom is 0.254 e. The number of methoxy groups -OCH3 is 2. The van der Waals surface area contributed by atoms with Crippen LogP contribution in [0.3, 0.4) is 0 Å². The first-order valence-corrected chi connectivity index (χ1v) is 13.9. The van der Waals surface area contributed by atoms with Gasteiger partial charge in [-0.3, -0.25) is 4.79 Å². The van der Waals surface area contributed by atoms with Gasteiger partial charge in [-0.05, 0) is 42.7 Å². The number of nitrogens with zero attached hydrogens (tertiary/aromatic N) is 3. The summed E-state index contributed by atoms with van der Waals surface area (Å²) < 4.78 is 44.8. The zero-order chi connectivity index (χ0) is 26.3. The second kappa shape index (κ2) is 12.4. The number of carbonyl (C=O) groups is 1. The molecule has 1 aliphatic heterocycles. The molecular formula is C27H33N3O6S. The van der Waals surface area contributed by atoms with Gasteiger partial charge in [-0.15, -0.1) is 0 Å². The van der Waals surface area contributed by atoms with Gasteiger partial charge in [-0.25, -0.2) is 13.4 Å². The summed E-state index contributed by atoms with van der Waals surface area (Å²) in [4.78, 5) is 19.5. The van der Waals surface area contributed by atoms with E-state index in [4.69, 9.17) is 14.2 Å². The maximum absolute atomic E-state index is 13.5. The van der Waals surface area contributed by atoms with Gasteiger partial charge in [0, 0.05) is 32.4 Å². The quantitative estimate of drug-likeness (QED) is 0.356. The third-order valence-corrected chi connectivity index (χ3v) is 7.89. The molecule has 1 saturated heterocycles. The highest BCUT2D eigenvalue weighted by molar-refractivity contribution is 7.90. The van der Waals surface area contributed by atoms with Crippen LogP contribution in [0.4, 0.5) is 0 Å². The summed E-state index contributed by atoms with van der Waals surface area (Å²) in [5, 5.41) is -0.0494. The van der Waals surface area contributed by atoms with Gasteiger partial charge in [-0.2, -0.15) is 0 Å². The molecule has 0 unspecified atom stereocenters. The molecule has 2 aromatic carbocycles. The molecular weight excluding hydrogens is 494 g/mol. The van der Waals surface area contributed by atoms with Crippen molar-refractivity contribution < 1.29 is 27.4 Å². The summed E-state index contributed by atoms with van der Waals surface area (Å²) in [5.74, 6) is 0.215. The number of ether oxygens (including phenoxy) is 3. The molecule has 2 heterocycles. The Morgan fingerprint density at radius 1 is 1.16 bits per heavy atom. The average molecular weight is 528 g/mol. The zero-order valence-corrected chi connectivity index (χ0v) is 22.0. The van der Waals surface area contributed by atoms with E-state index in [1.807, 2.05) is 18.2 Å². The van der Waals surface area contributed by atoms with E-state index in [-0.39, 0.29) is 36.0 Å². The molecule has 3 aromatic rings. The lowest BCUT2D eigenvalue weighted by molar-refractivity contribution is 0.0500. The second-order valence-corrected chi connectivity index (χ2v) is 10.9. The van der Waals surface area contributed by atoms with Gasteiger partial charge in [0.05, 0.1) is 44.0 Å². The lowest BCUT2D eigenvalue weighted by atomic mass is 10.1. The van der Waals surface area contributed by atoms with Crippen molar-refractivity contribution in [2.24, 2.45) is 0 Å². The molecule has 198 valence electrons. The summed E-state index contributed by atoms with van der Waals surface area (Å²) in [6.07, 6.45) is 3.31. The van der Waals surface area contributed by atoms with Gasteiger partial charge in [0.25, 0.3) is 5.91 Å². The summed E-state index contributed by atoms with van der Waals surface area (Å²) >= 11 is 0. The Balaban J connectivity index is 1.64. The number of imidazole rings is 1. The maximum atomic E-state index is 13.5. The lowest BCUT2D eigenvalue weighted by Gasteiger charge is -2.26. The summed E-state index contributed by atoms with van der Waals surface area (Å²) in [6, 6.07) is 16.0. The van der Waals surface area contributed by atoms with Gasteiger partial charge in [0.1, 0.15) is 5.75 Å². The predicted octanol–water partition coefficient (Wildman–Crippen LogP) is 3.33. The molecule has 1 amide bonds. The fraction of sp³-hybridized carbons (Fsp3) is 0.407. The topological polar surface area (TPSA) is 100.0 Å². The Kier molecular flexibility index (Phi) is 8.96. The minimum absolute atomic E-state index is 0.0494. The summed E-state index contributed by atoms with van der Waals surface area (Å²) in [6.45, 7) is 1.86. The number of hydrogen-bond acceptors (Lipinski definition) is 7. The molecule has 1 aromatic heterocycles. The van der Waals surface area contributed by atoms with Crippen LogP contribution in [0.5, 0.6) is 5.75 Å². The number of benzene rings is 2. The Morgan fingerprint density at radius 3 is 2.68 bits per heavy atom. The van der Waals surface area contributed by atoms with Crippen LogP contribution in [-0.2, 0) is 38.2 Å². The van der Waals surface area contributed by atoms with E-state index >= 15 is 0 Å². The smallest absolute Gasteiger partial charge is 0.254 e. The average Bonchev–Trinajstić information content (AvgIpc) is 3.57. The Hall–Kier alpha value is -3.21. The number of rotatable bonds is 12.